The predicted octanol–water partition coefficient (Wildman–Crippen LogP) is 3.86. The number of fused-ring (bicyclic) bond motifs is 1. The zero-order valence-electron chi connectivity index (χ0n) is 16.1. The third-order valence-corrected chi connectivity index (χ3v) is 6.09. The number of hydrogen-bond donors (Lipinski definition) is 2. The highest BCUT2D eigenvalue weighted by molar-refractivity contribution is 8.00. The summed E-state index contributed by atoms with van der Waals surface area (Å²) in [4.78, 5) is 13.2. The number of rotatable bonds is 4. The lowest BCUT2D eigenvalue weighted by Crippen LogP contribution is -2.41. The number of nitrogens with one attached hydrogen (secondary N) is 2. The maximum Gasteiger partial charge on any atom is 0.240 e. The highest BCUT2D eigenvalue weighted by Gasteiger charge is 2.37. The summed E-state index contributed by atoms with van der Waals surface area (Å²) in [5.41, 5.74) is 7.58. The van der Waals surface area contributed by atoms with Crippen LogP contribution < -0.4 is 10.7 Å². The van der Waals surface area contributed by atoms with Crippen LogP contribution >= 0.6 is 11.8 Å². The van der Waals surface area contributed by atoms with Crippen molar-refractivity contribution in [2.24, 2.45) is 0 Å². The Kier molecular flexibility index (Phi) is 5.09. The van der Waals surface area contributed by atoms with Crippen molar-refractivity contribution in [3.63, 3.8) is 0 Å². The van der Waals surface area contributed by atoms with Crippen LogP contribution in [0.25, 0.3) is 0 Å². The summed E-state index contributed by atoms with van der Waals surface area (Å²) in [5.74, 6) is 0.808. The largest absolute Gasteiger partial charge is 0.325 e. The molecule has 0 bridgehead atoms. The Hall–Kier alpha value is -2.80. The molecule has 2 N–H and O–H groups in total. The van der Waals surface area contributed by atoms with E-state index in [1.807, 2.05) is 67.9 Å². The first-order valence-electron chi connectivity index (χ1n) is 9.37. The summed E-state index contributed by atoms with van der Waals surface area (Å²) in [7, 11) is 0. The minimum Gasteiger partial charge on any atom is -0.325 e. The van der Waals surface area contributed by atoms with Crippen LogP contribution in [-0.2, 0) is 11.2 Å². The van der Waals surface area contributed by atoms with Crippen LogP contribution in [0.2, 0.25) is 0 Å². The number of thioether (sulfide) groups is 1. The Morgan fingerprint density at radius 1 is 1.18 bits per heavy atom. The molecule has 7 heteroatoms. The van der Waals surface area contributed by atoms with E-state index in [1.54, 1.807) is 0 Å². The first-order chi connectivity index (χ1) is 13.6. The van der Waals surface area contributed by atoms with Gasteiger partial charge in [0.25, 0.3) is 0 Å². The highest BCUT2D eigenvalue weighted by atomic mass is 32.2. The minimum absolute atomic E-state index is 0.0504. The van der Waals surface area contributed by atoms with E-state index in [-0.39, 0.29) is 17.2 Å². The van der Waals surface area contributed by atoms with Gasteiger partial charge in [-0.25, -0.2) is 4.68 Å². The van der Waals surface area contributed by atoms with E-state index >= 15 is 0 Å². The molecular weight excluding hydrogens is 370 g/mol. The van der Waals surface area contributed by atoms with Gasteiger partial charge in [-0.15, -0.1) is 10.2 Å². The molecule has 0 spiro atoms. The van der Waals surface area contributed by atoms with Crippen LogP contribution in [0.1, 0.15) is 35.5 Å². The molecule has 6 nitrogen and oxygen atoms in total. The molecule has 4 rings (SSSR count). The van der Waals surface area contributed by atoms with Crippen molar-refractivity contribution in [3.05, 3.63) is 71.0 Å². The van der Waals surface area contributed by atoms with Gasteiger partial charge in [0.2, 0.25) is 11.1 Å². The highest BCUT2D eigenvalue weighted by Crippen LogP contribution is 2.37. The Balaban J connectivity index is 1.67. The average molecular weight is 394 g/mol. The number of nitrogens with zero attached hydrogens (tertiary/aromatic N) is 3. The molecule has 2 unspecified atom stereocenters. The molecule has 28 heavy (non-hydrogen) atoms. The molecule has 1 amide bonds. The fraction of sp³-hybridized carbons (Fsp3) is 0.286. The number of hydrogen-bond acceptors (Lipinski definition) is 5. The third kappa shape index (κ3) is 3.49. The van der Waals surface area contributed by atoms with Gasteiger partial charge in [-0.2, -0.15) is 0 Å². The lowest BCUT2D eigenvalue weighted by molar-refractivity contribution is -0.116. The molecule has 2 aromatic carbocycles. The number of carbonyl (C=O) groups is 1. The van der Waals surface area contributed by atoms with Crippen molar-refractivity contribution in [2.75, 3.05) is 10.7 Å². The zero-order chi connectivity index (χ0) is 19.7. The summed E-state index contributed by atoms with van der Waals surface area (Å²) < 4.78 is 1.91. The molecule has 2 heterocycles. The maximum absolute atomic E-state index is 13.2. The summed E-state index contributed by atoms with van der Waals surface area (Å²) in [6, 6.07) is 15.9. The summed E-state index contributed by atoms with van der Waals surface area (Å²) in [6.45, 7) is 6.09. The van der Waals surface area contributed by atoms with Gasteiger partial charge in [0.05, 0.1) is 6.04 Å². The van der Waals surface area contributed by atoms with E-state index in [0.717, 1.165) is 29.1 Å². The number of aromatic nitrogens is 3. The van der Waals surface area contributed by atoms with Gasteiger partial charge in [-0.3, -0.25) is 4.79 Å². The molecule has 1 aromatic heterocycles. The van der Waals surface area contributed by atoms with Gasteiger partial charge in [-0.05, 0) is 31.0 Å². The molecule has 0 aliphatic carbocycles. The number of amides is 1. The SMILES string of the molecule is CCc1nnc2n1NC(c1ccccc1)C(C(=O)Nc1ccc(C)cc1C)S2. The predicted molar refractivity (Wildman–Crippen MR) is 112 cm³/mol. The van der Waals surface area contributed by atoms with Crippen molar-refractivity contribution in [2.45, 2.75) is 43.6 Å². The molecule has 0 saturated carbocycles. The molecule has 144 valence electrons. The third-order valence-electron chi connectivity index (χ3n) is 4.88. The normalized spacial score (nSPS) is 18.2. The summed E-state index contributed by atoms with van der Waals surface area (Å²) in [6.07, 6.45) is 0.765. The summed E-state index contributed by atoms with van der Waals surface area (Å²) in [5, 5.41) is 11.9. The fourth-order valence-electron chi connectivity index (χ4n) is 3.40. The second-order valence-corrected chi connectivity index (χ2v) is 8.06. The van der Waals surface area contributed by atoms with E-state index in [9.17, 15) is 4.79 Å². The van der Waals surface area contributed by atoms with E-state index in [0.29, 0.717) is 5.16 Å². The molecule has 0 saturated heterocycles. The van der Waals surface area contributed by atoms with Crippen molar-refractivity contribution in [3.8, 4) is 0 Å². The van der Waals surface area contributed by atoms with Gasteiger partial charge in [0, 0.05) is 12.1 Å². The molecule has 1 aliphatic heterocycles. The van der Waals surface area contributed by atoms with E-state index in [1.165, 1.54) is 17.3 Å². The monoisotopic (exact) mass is 393 g/mol. The van der Waals surface area contributed by atoms with Crippen LogP contribution in [0.5, 0.6) is 0 Å². The topological polar surface area (TPSA) is 71.8 Å². The fourth-order valence-corrected chi connectivity index (χ4v) is 4.49. The minimum atomic E-state index is -0.371. The van der Waals surface area contributed by atoms with Gasteiger partial charge in [0.1, 0.15) is 5.25 Å². The van der Waals surface area contributed by atoms with Crippen LogP contribution in [0.3, 0.4) is 0 Å². The van der Waals surface area contributed by atoms with Gasteiger partial charge >= 0.3 is 0 Å². The quantitative estimate of drug-likeness (QED) is 0.704. The molecule has 0 fully saturated rings. The number of carbonyl (C=O) groups excluding carboxylic acids is 1. The smallest absolute Gasteiger partial charge is 0.240 e. The van der Waals surface area contributed by atoms with Crippen molar-refractivity contribution < 1.29 is 4.79 Å². The van der Waals surface area contributed by atoms with Crippen LogP contribution in [0, 0.1) is 13.8 Å². The van der Waals surface area contributed by atoms with Crippen LogP contribution in [0.4, 0.5) is 5.69 Å². The van der Waals surface area contributed by atoms with E-state index in [4.69, 9.17) is 0 Å². The van der Waals surface area contributed by atoms with Gasteiger partial charge in [0.15, 0.2) is 5.82 Å². The van der Waals surface area contributed by atoms with Crippen LogP contribution in [0.15, 0.2) is 53.7 Å². The molecule has 0 radical (unpaired) electrons. The Morgan fingerprint density at radius 3 is 2.68 bits per heavy atom. The van der Waals surface area contributed by atoms with E-state index in [2.05, 4.69) is 27.0 Å². The zero-order valence-corrected chi connectivity index (χ0v) is 17.0. The number of benzene rings is 2. The second-order valence-electron chi connectivity index (χ2n) is 6.95. The standard InChI is InChI=1S/C21H23N5OS/c1-4-17-23-24-21-26(17)25-18(15-8-6-5-7-9-15)19(28-21)20(27)22-16-11-10-13(2)12-14(16)3/h5-12,18-19,25H,4H2,1-3H3,(H,22,27). The van der Waals surface area contributed by atoms with E-state index < -0.39 is 0 Å². The molecular formula is C21H23N5OS. The average Bonchev–Trinajstić information content (AvgIpc) is 3.12. The van der Waals surface area contributed by atoms with Crippen LogP contribution in [-0.4, -0.2) is 26.0 Å². The van der Waals surface area contributed by atoms with Gasteiger partial charge < -0.3 is 10.7 Å². The Labute approximate surface area is 168 Å². The lowest BCUT2D eigenvalue weighted by atomic mass is 10.0. The molecule has 1 aliphatic rings. The van der Waals surface area contributed by atoms with Crippen molar-refractivity contribution in [1.29, 1.82) is 0 Å². The lowest BCUT2D eigenvalue weighted by Gasteiger charge is -2.33. The van der Waals surface area contributed by atoms with Crippen molar-refractivity contribution in [1.82, 2.24) is 14.9 Å². The van der Waals surface area contributed by atoms with Crippen molar-refractivity contribution >= 4 is 23.4 Å². The molecule has 3 aromatic rings. The first-order valence-corrected chi connectivity index (χ1v) is 10.3. The number of anilines is 1. The molecule has 2 atom stereocenters. The second kappa shape index (κ2) is 7.67. The summed E-state index contributed by atoms with van der Waals surface area (Å²) >= 11 is 1.45. The Bertz CT molecular complexity index is 1000. The number of aryl methyl sites for hydroxylation is 3. The van der Waals surface area contributed by atoms with Gasteiger partial charge in [-0.1, -0.05) is 66.7 Å². The maximum atomic E-state index is 13.2. The Morgan fingerprint density at radius 2 is 1.96 bits per heavy atom. The first kappa shape index (κ1) is 18.6.